The molecule has 0 bridgehead atoms. The van der Waals surface area contributed by atoms with Gasteiger partial charge in [0.1, 0.15) is 0 Å². The van der Waals surface area contributed by atoms with Crippen molar-refractivity contribution in [3.63, 3.8) is 0 Å². The van der Waals surface area contributed by atoms with Crippen molar-refractivity contribution in [2.45, 2.75) is 38.0 Å². The summed E-state index contributed by atoms with van der Waals surface area (Å²) in [5.41, 5.74) is 4.26. The van der Waals surface area contributed by atoms with Gasteiger partial charge in [-0.05, 0) is 30.2 Å². The maximum Gasteiger partial charge on any atom is 0.210 e. The maximum absolute atomic E-state index is 11.3. The molecule has 23 heavy (non-hydrogen) atoms. The van der Waals surface area contributed by atoms with E-state index in [0.717, 1.165) is 24.8 Å². The van der Waals surface area contributed by atoms with Gasteiger partial charge in [0.15, 0.2) is 5.17 Å². The Hall–Kier alpha value is -1.63. The van der Waals surface area contributed by atoms with Crippen molar-refractivity contribution >= 4 is 23.2 Å². The van der Waals surface area contributed by atoms with Gasteiger partial charge in [-0.25, -0.2) is 0 Å². The lowest BCUT2D eigenvalue weighted by Crippen LogP contribution is -2.57. The highest BCUT2D eigenvalue weighted by molar-refractivity contribution is 6.66. The largest absolute Gasteiger partial charge is 0.410 e. The topological polar surface area (TPSA) is 74.2 Å². The summed E-state index contributed by atoms with van der Waals surface area (Å²) in [4.78, 5) is 18.5. The average molecular weight is 338 g/mol. The monoisotopic (exact) mass is 337 g/mol. The second-order valence-electron chi connectivity index (χ2n) is 6.25. The lowest BCUT2D eigenvalue weighted by Gasteiger charge is -2.42. The van der Waals surface area contributed by atoms with E-state index in [1.54, 1.807) is 4.90 Å². The molecule has 0 unspecified atom stereocenters. The quantitative estimate of drug-likeness (QED) is 0.361. The van der Waals surface area contributed by atoms with Crippen LogP contribution in [0.5, 0.6) is 0 Å². The fourth-order valence-electron chi connectivity index (χ4n) is 3.26. The smallest absolute Gasteiger partial charge is 0.210 e. The lowest BCUT2D eigenvalue weighted by atomic mass is 9.84. The molecule has 1 aliphatic heterocycles. The number of hydroxylamine groups is 1. The highest BCUT2D eigenvalue weighted by atomic mass is 35.5. The molecule has 1 aromatic rings. The first-order chi connectivity index (χ1) is 11.2. The minimum Gasteiger partial charge on any atom is -0.410 e. The number of rotatable bonds is 6. The zero-order valence-corrected chi connectivity index (χ0v) is 13.4. The first kappa shape index (κ1) is 16.2. The van der Waals surface area contributed by atoms with Crippen molar-refractivity contribution in [3.8, 4) is 0 Å². The van der Waals surface area contributed by atoms with Crippen LogP contribution in [0.3, 0.4) is 0 Å². The number of carbonyl (C=O) groups is 1. The summed E-state index contributed by atoms with van der Waals surface area (Å²) in [7, 11) is 0. The number of amides is 1. The van der Waals surface area contributed by atoms with Crippen LogP contribution in [0.4, 0.5) is 0 Å². The van der Waals surface area contributed by atoms with Crippen molar-refractivity contribution in [2.75, 3.05) is 6.54 Å². The van der Waals surface area contributed by atoms with Crippen LogP contribution < -0.4 is 5.48 Å². The molecule has 1 aromatic carbocycles. The molecule has 2 fully saturated rings. The van der Waals surface area contributed by atoms with E-state index >= 15 is 0 Å². The Labute approximate surface area is 140 Å². The van der Waals surface area contributed by atoms with Crippen molar-refractivity contribution in [1.82, 2.24) is 10.4 Å². The van der Waals surface area contributed by atoms with Crippen LogP contribution in [-0.2, 0) is 16.2 Å². The minimum absolute atomic E-state index is 0.0517. The van der Waals surface area contributed by atoms with Gasteiger partial charge in [0.05, 0.1) is 18.7 Å². The highest BCUT2D eigenvalue weighted by Gasteiger charge is 2.55. The van der Waals surface area contributed by atoms with Gasteiger partial charge in [0.25, 0.3) is 0 Å². The number of halogens is 1. The van der Waals surface area contributed by atoms with Crippen molar-refractivity contribution in [3.05, 3.63) is 35.9 Å². The van der Waals surface area contributed by atoms with Crippen LogP contribution in [0.1, 0.15) is 24.8 Å². The third-order valence-electron chi connectivity index (χ3n) is 4.84. The third-order valence-corrected chi connectivity index (χ3v) is 5.17. The van der Waals surface area contributed by atoms with Crippen LogP contribution >= 0.6 is 11.6 Å². The number of likely N-dealkylation sites (tertiary alicyclic amines) is 1. The van der Waals surface area contributed by atoms with E-state index in [0.29, 0.717) is 19.6 Å². The van der Waals surface area contributed by atoms with E-state index in [9.17, 15) is 4.79 Å². The summed E-state index contributed by atoms with van der Waals surface area (Å²) in [6.45, 7) is 0.950. The predicted octanol–water partition coefficient (Wildman–Crippen LogP) is 2.11. The number of nitrogens with zero attached hydrogens (tertiary/aromatic N) is 2. The standard InChI is InChI=1S/C16H20ClN3O3/c17-15(18-22)13-8-16(6-7-16)14(9-20(13)11-21)19-23-10-12-4-2-1-3-5-12/h1-5,11,13-14,19,22H,6-10H2/b18-15-/t13-,14+/m1/s1. The van der Waals surface area contributed by atoms with Crippen LogP contribution in [-0.4, -0.2) is 40.3 Å². The van der Waals surface area contributed by atoms with E-state index in [1.807, 2.05) is 30.3 Å². The summed E-state index contributed by atoms with van der Waals surface area (Å²) < 4.78 is 0. The average Bonchev–Trinajstić information content (AvgIpc) is 3.36. The molecule has 2 aliphatic rings. The number of hydrogen-bond acceptors (Lipinski definition) is 5. The van der Waals surface area contributed by atoms with Crippen LogP contribution in [0.15, 0.2) is 35.5 Å². The molecule has 1 amide bonds. The van der Waals surface area contributed by atoms with Gasteiger partial charge in [0.2, 0.25) is 6.41 Å². The molecule has 7 heteroatoms. The zero-order valence-electron chi connectivity index (χ0n) is 12.7. The van der Waals surface area contributed by atoms with Gasteiger partial charge in [-0.3, -0.25) is 9.63 Å². The molecule has 2 N–H and O–H groups in total. The van der Waals surface area contributed by atoms with E-state index in [2.05, 4.69) is 10.6 Å². The molecule has 1 aliphatic carbocycles. The Morgan fingerprint density at radius 1 is 1.48 bits per heavy atom. The SMILES string of the molecule is O=CN1C[C@H](NOCc2ccccc2)C2(CC2)C[C@@H]1/C(Cl)=N/O. The molecule has 2 atom stereocenters. The number of nitrogens with one attached hydrogen (secondary N) is 1. The summed E-state index contributed by atoms with van der Waals surface area (Å²) in [5.74, 6) is 0. The van der Waals surface area contributed by atoms with E-state index < -0.39 is 0 Å². The molecular weight excluding hydrogens is 318 g/mol. The fourth-order valence-corrected chi connectivity index (χ4v) is 3.46. The third kappa shape index (κ3) is 3.49. The van der Waals surface area contributed by atoms with Gasteiger partial charge in [-0.2, -0.15) is 5.48 Å². The van der Waals surface area contributed by atoms with Crippen molar-refractivity contribution in [2.24, 2.45) is 10.6 Å². The van der Waals surface area contributed by atoms with Crippen molar-refractivity contribution < 1.29 is 14.8 Å². The van der Waals surface area contributed by atoms with E-state index in [-0.39, 0.29) is 22.7 Å². The van der Waals surface area contributed by atoms with Crippen LogP contribution in [0.25, 0.3) is 0 Å². The number of carbonyl (C=O) groups excluding carboxylic acids is 1. The Morgan fingerprint density at radius 2 is 2.22 bits per heavy atom. The van der Waals surface area contributed by atoms with E-state index in [1.165, 1.54) is 0 Å². The summed E-state index contributed by atoms with van der Waals surface area (Å²) >= 11 is 5.95. The molecule has 1 spiro atoms. The molecule has 0 radical (unpaired) electrons. The maximum atomic E-state index is 11.3. The summed E-state index contributed by atoms with van der Waals surface area (Å²) in [6, 6.07) is 9.60. The van der Waals surface area contributed by atoms with Gasteiger partial charge in [-0.1, -0.05) is 47.1 Å². The number of hydrogen-bond donors (Lipinski definition) is 2. The summed E-state index contributed by atoms with van der Waals surface area (Å²) in [5, 5.41) is 12.0. The molecule has 124 valence electrons. The second-order valence-corrected chi connectivity index (χ2v) is 6.64. The first-order valence-electron chi connectivity index (χ1n) is 7.68. The number of oxime groups is 1. The number of piperidine rings is 1. The van der Waals surface area contributed by atoms with Gasteiger partial charge >= 0.3 is 0 Å². The predicted molar refractivity (Wildman–Crippen MR) is 86.1 cm³/mol. The Balaban J connectivity index is 1.61. The Morgan fingerprint density at radius 3 is 2.83 bits per heavy atom. The van der Waals surface area contributed by atoms with Gasteiger partial charge in [-0.15, -0.1) is 0 Å². The molecule has 1 heterocycles. The normalized spacial score (nSPS) is 26.3. The molecule has 3 rings (SSSR count). The first-order valence-corrected chi connectivity index (χ1v) is 8.06. The van der Waals surface area contributed by atoms with Crippen LogP contribution in [0, 0.1) is 5.41 Å². The lowest BCUT2D eigenvalue weighted by molar-refractivity contribution is -0.123. The van der Waals surface area contributed by atoms with Gasteiger partial charge in [0, 0.05) is 6.54 Å². The molecular formula is C16H20ClN3O3. The Kier molecular flexibility index (Phi) is 4.84. The van der Waals surface area contributed by atoms with Crippen LogP contribution in [0.2, 0.25) is 0 Å². The number of benzene rings is 1. The molecule has 0 aromatic heterocycles. The molecule has 1 saturated carbocycles. The van der Waals surface area contributed by atoms with E-state index in [4.69, 9.17) is 21.6 Å². The Bertz CT molecular complexity index is 577. The zero-order chi connectivity index (χ0) is 16.3. The second kappa shape index (κ2) is 6.86. The summed E-state index contributed by atoms with van der Waals surface area (Å²) in [6.07, 6.45) is 3.54. The highest BCUT2D eigenvalue weighted by Crippen LogP contribution is 2.55. The minimum atomic E-state index is -0.353. The molecule has 6 nitrogen and oxygen atoms in total. The molecule has 1 saturated heterocycles. The van der Waals surface area contributed by atoms with Gasteiger partial charge < -0.3 is 10.1 Å². The van der Waals surface area contributed by atoms with Crippen molar-refractivity contribution in [1.29, 1.82) is 0 Å². The fraction of sp³-hybridized carbons (Fsp3) is 0.500.